The second-order valence-corrected chi connectivity index (χ2v) is 9.76. The molecule has 2 unspecified atom stereocenters. The van der Waals surface area contributed by atoms with Gasteiger partial charge in [-0.2, -0.15) is 4.99 Å². The smallest absolute Gasteiger partial charge is 0.406 e. The number of halogens is 3. The molecule has 0 saturated heterocycles. The van der Waals surface area contributed by atoms with Crippen molar-refractivity contribution in [2.45, 2.75) is 45.5 Å². The van der Waals surface area contributed by atoms with Gasteiger partial charge in [0.25, 0.3) is 0 Å². The van der Waals surface area contributed by atoms with Gasteiger partial charge in [-0.05, 0) is 68.2 Å². The van der Waals surface area contributed by atoms with Gasteiger partial charge in [0.1, 0.15) is 11.4 Å². The Bertz CT molecular complexity index is 1330. The third kappa shape index (κ3) is 7.39. The molecule has 1 aliphatic carbocycles. The van der Waals surface area contributed by atoms with Gasteiger partial charge in [0, 0.05) is 35.3 Å². The Balaban J connectivity index is 1.25. The van der Waals surface area contributed by atoms with Crippen molar-refractivity contribution in [3.05, 3.63) is 88.5 Å². The second kappa shape index (κ2) is 11.3. The number of alkyl halides is 3. The quantitative estimate of drug-likeness (QED) is 0.136. The molecule has 0 amide bonds. The first-order chi connectivity index (χ1) is 18.0. The Morgan fingerprint density at radius 3 is 2.29 bits per heavy atom. The summed E-state index contributed by atoms with van der Waals surface area (Å²) in [7, 11) is 0. The molecule has 0 heterocycles. The van der Waals surface area contributed by atoms with Crippen LogP contribution in [-0.2, 0) is 0 Å². The molecule has 3 aromatic rings. The van der Waals surface area contributed by atoms with Crippen molar-refractivity contribution in [1.29, 1.82) is 5.41 Å². The maximum absolute atomic E-state index is 12.3. The van der Waals surface area contributed by atoms with Crippen molar-refractivity contribution in [3.63, 3.8) is 0 Å². The third-order valence-corrected chi connectivity index (χ3v) is 6.44. The Hall–Kier alpha value is -3.76. The van der Waals surface area contributed by atoms with Crippen molar-refractivity contribution >= 4 is 40.9 Å². The van der Waals surface area contributed by atoms with Gasteiger partial charge in [-0.1, -0.05) is 42.0 Å². The summed E-state index contributed by atoms with van der Waals surface area (Å²) >= 11 is 5.54. The minimum Gasteiger partial charge on any atom is -0.406 e. The zero-order valence-corrected chi connectivity index (χ0v) is 22.0. The Kier molecular flexibility index (Phi) is 8.13. The van der Waals surface area contributed by atoms with E-state index in [1.807, 2.05) is 24.3 Å². The van der Waals surface area contributed by atoms with Crippen LogP contribution in [0.4, 0.5) is 24.5 Å². The molecular weight excluding hydrogens is 511 g/mol. The van der Waals surface area contributed by atoms with Crippen molar-refractivity contribution in [2.24, 2.45) is 4.99 Å². The molecule has 38 heavy (non-hydrogen) atoms. The monoisotopic (exact) mass is 540 g/mol. The van der Waals surface area contributed by atoms with E-state index in [4.69, 9.17) is 17.6 Å². The summed E-state index contributed by atoms with van der Waals surface area (Å²) in [6.45, 7) is 6.22. The van der Waals surface area contributed by atoms with Gasteiger partial charge < -0.3 is 15.4 Å². The van der Waals surface area contributed by atoms with E-state index in [1.54, 1.807) is 5.32 Å². The molecule has 0 aliphatic heterocycles. The molecular formula is C28H29F3N5OS+. The lowest BCUT2D eigenvalue weighted by molar-refractivity contribution is -0.432. The number of thiocarbonyl (C=S) groups is 1. The van der Waals surface area contributed by atoms with Crippen LogP contribution in [0.15, 0.2) is 65.7 Å². The number of quaternary nitrogens is 1. The fourth-order valence-corrected chi connectivity index (χ4v) is 4.61. The lowest BCUT2D eigenvalue weighted by atomic mass is 10.1. The summed E-state index contributed by atoms with van der Waals surface area (Å²) in [5, 5.41) is 17.2. The molecule has 0 radical (unpaired) electrons. The van der Waals surface area contributed by atoms with Crippen LogP contribution < -0.4 is 20.7 Å². The fourth-order valence-electron chi connectivity index (χ4n) is 4.36. The van der Waals surface area contributed by atoms with E-state index in [-0.39, 0.29) is 17.6 Å². The first kappa shape index (κ1) is 27.3. The zero-order chi connectivity index (χ0) is 27.4. The summed E-state index contributed by atoms with van der Waals surface area (Å²) in [6.07, 6.45) is -2.30. The van der Waals surface area contributed by atoms with Crippen LogP contribution in [0.5, 0.6) is 5.75 Å². The molecule has 1 fully saturated rings. The molecule has 0 bridgehead atoms. The number of nitrogens with two attached hydrogens (primary N) is 1. The van der Waals surface area contributed by atoms with Crippen molar-refractivity contribution in [2.75, 3.05) is 5.32 Å². The molecule has 1 saturated carbocycles. The Morgan fingerprint density at radius 1 is 1.05 bits per heavy atom. The van der Waals surface area contributed by atoms with E-state index in [2.05, 4.69) is 53.3 Å². The number of hydrogen-bond donors (Lipinski definition) is 4. The lowest BCUT2D eigenvalue weighted by Gasteiger charge is -2.16. The van der Waals surface area contributed by atoms with Crippen LogP contribution in [0.25, 0.3) is 0 Å². The Labute approximate surface area is 224 Å². The minimum atomic E-state index is -4.72. The normalized spacial score (nSPS) is 16.8. The number of rotatable bonds is 7. The molecule has 5 N–H and O–H groups in total. The number of amidine groups is 1. The van der Waals surface area contributed by atoms with Gasteiger partial charge in [0.05, 0.1) is 0 Å². The highest BCUT2D eigenvalue weighted by Gasteiger charge is 2.39. The van der Waals surface area contributed by atoms with Gasteiger partial charge in [-0.3, -0.25) is 10.7 Å². The predicted octanol–water partition coefficient (Wildman–Crippen LogP) is 5.60. The number of aliphatic imine (C=N–C) groups is 1. The van der Waals surface area contributed by atoms with E-state index < -0.39 is 6.36 Å². The summed E-state index contributed by atoms with van der Waals surface area (Å²) in [4.78, 5) is 4.13. The van der Waals surface area contributed by atoms with E-state index in [9.17, 15) is 13.2 Å². The largest absolute Gasteiger partial charge is 0.573 e. The standard InChI is InChI=1S/C28H28F3N5OS/c1-16-12-17(2)25(18(3)13-16)36-27(38)35-24-14-23(24)19-4-6-20(7-5-19)26(32)34-15-33-21-8-10-22(11-9-21)37-28(29,30)31/h4-13,15,23-24H,14H2,1-3H3,(H2,32,33,34)(H2,35,36,38)/p+1. The Morgan fingerprint density at radius 2 is 1.68 bits per heavy atom. The van der Waals surface area contributed by atoms with Crippen molar-refractivity contribution in [1.82, 2.24) is 5.32 Å². The molecule has 198 valence electrons. The number of hydrogen-bond acceptors (Lipinski definition) is 3. The number of aryl methyl sites for hydroxylation is 3. The van der Waals surface area contributed by atoms with Crippen LogP contribution in [0.1, 0.15) is 40.2 Å². The van der Waals surface area contributed by atoms with E-state index in [0.717, 1.165) is 23.2 Å². The molecule has 6 nitrogen and oxygen atoms in total. The average Bonchev–Trinajstić information content (AvgIpc) is 3.60. The minimum absolute atomic E-state index is 0.0875. The number of nitrogens with zero attached hydrogens (tertiary/aromatic N) is 1. The first-order valence-corrected chi connectivity index (χ1v) is 12.5. The highest BCUT2D eigenvalue weighted by Crippen LogP contribution is 2.41. The second-order valence-electron chi connectivity index (χ2n) is 9.35. The van der Waals surface area contributed by atoms with E-state index in [1.165, 1.54) is 41.7 Å². The highest BCUT2D eigenvalue weighted by molar-refractivity contribution is 7.80. The molecule has 10 heteroatoms. The number of anilines is 1. The maximum atomic E-state index is 12.3. The topological polar surface area (TPSA) is 86.1 Å². The fraction of sp³-hybridized carbons (Fsp3) is 0.250. The average molecular weight is 541 g/mol. The summed E-state index contributed by atoms with van der Waals surface area (Å²) in [6, 6.07) is 17.7. The van der Waals surface area contributed by atoms with Crippen LogP contribution in [0, 0.1) is 26.2 Å². The van der Waals surface area contributed by atoms with Crippen LogP contribution in [0.2, 0.25) is 0 Å². The predicted molar refractivity (Wildman–Crippen MR) is 148 cm³/mol. The van der Waals surface area contributed by atoms with Crippen LogP contribution in [-0.4, -0.2) is 29.7 Å². The summed E-state index contributed by atoms with van der Waals surface area (Å²) < 4.78 is 40.6. The number of nitrogens with one attached hydrogen (secondary N) is 3. The van der Waals surface area contributed by atoms with Gasteiger partial charge in [-0.25, -0.2) is 0 Å². The molecule has 1 aliphatic rings. The highest BCUT2D eigenvalue weighted by atomic mass is 32.1. The molecule has 3 aromatic carbocycles. The summed E-state index contributed by atoms with van der Waals surface area (Å²) in [5.41, 5.74) is 7.05. The lowest BCUT2D eigenvalue weighted by Crippen LogP contribution is -2.76. The SMILES string of the molecule is Cc1cc(C)c(NC(=S)NC2CC2c2ccc(C(=N)N=C[NH2+]c3ccc(OC(F)(F)F)cc3)cc2)c(C)c1. The first-order valence-electron chi connectivity index (χ1n) is 12.1. The van der Waals surface area contributed by atoms with E-state index in [0.29, 0.717) is 22.3 Å². The maximum Gasteiger partial charge on any atom is 0.573 e. The van der Waals surface area contributed by atoms with E-state index >= 15 is 0 Å². The van der Waals surface area contributed by atoms with Gasteiger partial charge in [0.15, 0.2) is 17.3 Å². The molecule has 4 rings (SSSR count). The van der Waals surface area contributed by atoms with Crippen molar-refractivity contribution in [3.8, 4) is 5.75 Å². The van der Waals surface area contributed by atoms with Gasteiger partial charge >= 0.3 is 6.36 Å². The summed E-state index contributed by atoms with van der Waals surface area (Å²) in [5.74, 6) is 0.144. The molecule has 0 aromatic heterocycles. The molecule has 0 spiro atoms. The van der Waals surface area contributed by atoms with Crippen LogP contribution >= 0.6 is 12.2 Å². The third-order valence-electron chi connectivity index (χ3n) is 6.22. The van der Waals surface area contributed by atoms with Gasteiger partial charge in [0.2, 0.25) is 0 Å². The zero-order valence-electron chi connectivity index (χ0n) is 21.2. The number of ether oxygens (including phenoxy) is 1. The van der Waals surface area contributed by atoms with Gasteiger partial charge in [-0.15, -0.1) is 13.2 Å². The van der Waals surface area contributed by atoms with Crippen molar-refractivity contribution < 1.29 is 23.2 Å². The van der Waals surface area contributed by atoms with Crippen LogP contribution in [0.3, 0.4) is 0 Å². The molecule has 2 atom stereocenters. The number of benzene rings is 3.